The molecule has 1 aromatic heterocycles. The van der Waals surface area contributed by atoms with Gasteiger partial charge in [-0.05, 0) is 12.1 Å². The number of carboxylic acid groups (broad SMARTS) is 1. The van der Waals surface area contributed by atoms with Gasteiger partial charge in [-0.25, -0.2) is 4.42 Å². The quantitative estimate of drug-likeness (QED) is 0.0362. The number of rotatable bonds is 12. The number of phenols is 3. The van der Waals surface area contributed by atoms with Crippen LogP contribution in [-0.2, 0) is 33.3 Å². The third kappa shape index (κ3) is 8.96. The molecule has 3 saturated heterocycles. The lowest BCUT2D eigenvalue weighted by Gasteiger charge is -2.44. The summed E-state index contributed by atoms with van der Waals surface area (Å²) < 4.78 is 45.0. The van der Waals surface area contributed by atoms with E-state index in [0.717, 1.165) is 24.3 Å². The lowest BCUT2D eigenvalue weighted by atomic mass is 9.98. The Hall–Kier alpha value is -4.73. The van der Waals surface area contributed by atoms with Gasteiger partial charge < -0.3 is 99.5 Å². The van der Waals surface area contributed by atoms with Crippen LogP contribution in [-0.4, -0.2) is 184 Å². The summed E-state index contributed by atoms with van der Waals surface area (Å²) in [7, 11) is 0. The number of aromatic hydroxyl groups is 3. The van der Waals surface area contributed by atoms with Crippen molar-refractivity contribution in [1.29, 1.82) is 0 Å². The molecule has 0 spiro atoms. The molecule has 3 aliphatic rings. The van der Waals surface area contributed by atoms with Gasteiger partial charge in [-0.3, -0.25) is 9.59 Å². The molecule has 0 aliphatic carbocycles. The molecule has 23 heteroatoms. The van der Waals surface area contributed by atoms with Gasteiger partial charge in [-0.1, -0.05) is 0 Å². The fourth-order valence-electron chi connectivity index (χ4n) is 6.31. The summed E-state index contributed by atoms with van der Waals surface area (Å²) >= 11 is 0. The standard InChI is InChI=1S/C35H40O23/c36-8-20-25(45)27(47)30(50)34(56-20)53-12-4-15(38)13-6-19(31(54-18(13)5-12)11-1-2-14(37)16(39)3-11)55-35-32(58-33-29(49)24(44)17(40)9-52-33)28(48)26(46)21(57-35)10-51-23(43)7-22(41)42/h1-6,17,20-21,24-30,32-36,40,44-50H,7-10H2,(H3-,37,38,39,41,42)/p+1/t17-,20?,21?,24?,25-,26-,27+,28+,29?,30?,32?,33+,34-,35-/m1/s1. The Morgan fingerprint density at radius 1 is 0.724 bits per heavy atom. The van der Waals surface area contributed by atoms with Crippen LogP contribution in [0.15, 0.2) is 40.8 Å². The largest absolute Gasteiger partial charge is 0.507 e. The number of ether oxygens (including phenoxy) is 7. The van der Waals surface area contributed by atoms with Gasteiger partial charge in [0.25, 0.3) is 0 Å². The highest BCUT2D eigenvalue weighted by Crippen LogP contribution is 2.43. The molecular formula is C35H41O23+. The van der Waals surface area contributed by atoms with Crippen LogP contribution in [0.2, 0.25) is 0 Å². The van der Waals surface area contributed by atoms with Crippen molar-refractivity contribution in [3.05, 3.63) is 36.4 Å². The highest BCUT2D eigenvalue weighted by atomic mass is 16.8. The van der Waals surface area contributed by atoms with E-state index in [1.807, 2.05) is 0 Å². The fourth-order valence-corrected chi connectivity index (χ4v) is 6.31. The van der Waals surface area contributed by atoms with E-state index in [9.17, 15) is 70.9 Å². The highest BCUT2D eigenvalue weighted by Gasteiger charge is 2.51. The third-order valence-corrected chi connectivity index (χ3v) is 9.48. The van der Waals surface area contributed by atoms with E-state index in [1.165, 1.54) is 12.1 Å². The van der Waals surface area contributed by atoms with E-state index in [4.69, 9.17) is 42.7 Å². The van der Waals surface area contributed by atoms with Crippen molar-refractivity contribution in [2.24, 2.45) is 0 Å². The molecule has 318 valence electrons. The number of benzene rings is 2. The zero-order chi connectivity index (χ0) is 42.2. The van der Waals surface area contributed by atoms with E-state index < -0.39 is 141 Å². The number of phenolic OH excluding ortho intramolecular Hbond substituents is 3. The van der Waals surface area contributed by atoms with E-state index >= 15 is 0 Å². The molecule has 23 nitrogen and oxygen atoms in total. The van der Waals surface area contributed by atoms with Crippen LogP contribution >= 0.6 is 0 Å². The molecule has 6 unspecified atom stereocenters. The highest BCUT2D eigenvalue weighted by molar-refractivity contribution is 5.90. The third-order valence-electron chi connectivity index (χ3n) is 9.48. The molecule has 2 aromatic carbocycles. The van der Waals surface area contributed by atoms with Crippen molar-refractivity contribution < 1.29 is 114 Å². The molecule has 6 rings (SSSR count). The van der Waals surface area contributed by atoms with Gasteiger partial charge in [-0.2, -0.15) is 0 Å². The second kappa shape index (κ2) is 17.6. The molecule has 3 aliphatic heterocycles. The van der Waals surface area contributed by atoms with Crippen LogP contribution in [0.5, 0.6) is 28.7 Å². The molecule has 58 heavy (non-hydrogen) atoms. The summed E-state index contributed by atoms with van der Waals surface area (Å²) in [5.41, 5.74) is -0.195. The molecule has 13 N–H and O–H groups in total. The number of aliphatic hydroxyl groups excluding tert-OH is 9. The van der Waals surface area contributed by atoms with E-state index in [2.05, 4.69) is 0 Å². The molecule has 0 saturated carbocycles. The van der Waals surface area contributed by atoms with Crippen LogP contribution in [0.4, 0.5) is 0 Å². The first-order chi connectivity index (χ1) is 27.5. The second-order valence-electron chi connectivity index (χ2n) is 13.6. The molecule has 0 radical (unpaired) electrons. The number of aliphatic hydroxyl groups is 9. The Kier molecular flexibility index (Phi) is 13.0. The van der Waals surface area contributed by atoms with Gasteiger partial charge in [0.1, 0.15) is 91.0 Å². The number of hydrogen-bond donors (Lipinski definition) is 13. The van der Waals surface area contributed by atoms with Crippen molar-refractivity contribution in [3.8, 4) is 40.1 Å². The van der Waals surface area contributed by atoms with Gasteiger partial charge in [0.2, 0.25) is 18.3 Å². The van der Waals surface area contributed by atoms with Gasteiger partial charge in [0, 0.05) is 18.2 Å². The fraction of sp³-hybridized carbons (Fsp3) is 0.514. The monoisotopic (exact) mass is 829 g/mol. The number of carbonyl (C=O) groups excluding carboxylic acids is 1. The van der Waals surface area contributed by atoms with Crippen LogP contribution in [0.25, 0.3) is 22.3 Å². The summed E-state index contributed by atoms with van der Waals surface area (Å²) in [4.78, 5) is 23.0. The first-order valence-corrected chi connectivity index (χ1v) is 17.5. The lowest BCUT2D eigenvalue weighted by Crippen LogP contribution is -2.64. The van der Waals surface area contributed by atoms with Crippen molar-refractivity contribution >= 4 is 22.9 Å². The maximum Gasteiger partial charge on any atom is 0.402 e. The Morgan fingerprint density at radius 3 is 2.10 bits per heavy atom. The average Bonchev–Trinajstić information content (AvgIpc) is 3.18. The molecule has 3 fully saturated rings. The second-order valence-corrected chi connectivity index (χ2v) is 13.6. The Labute approximate surface area is 325 Å². The topological polar surface area (TPSA) is 373 Å². The summed E-state index contributed by atoms with van der Waals surface area (Å²) in [6.45, 7) is -2.12. The first kappa shape index (κ1) is 42.9. The van der Waals surface area contributed by atoms with Crippen molar-refractivity contribution in [3.63, 3.8) is 0 Å². The molecule has 14 atom stereocenters. The zero-order valence-corrected chi connectivity index (χ0v) is 29.8. The number of carbonyl (C=O) groups is 2. The predicted octanol–water partition coefficient (Wildman–Crippen LogP) is -3.66. The number of carboxylic acids is 1. The maximum atomic E-state index is 12.0. The van der Waals surface area contributed by atoms with Gasteiger partial charge in [0.05, 0.1) is 24.8 Å². The number of aliphatic carboxylic acids is 1. The lowest BCUT2D eigenvalue weighted by molar-refractivity contribution is -0.345. The number of fused-ring (bicyclic) bond motifs is 1. The number of esters is 1. The molecule has 0 amide bonds. The summed E-state index contributed by atoms with van der Waals surface area (Å²) in [6.07, 6.45) is -25.7. The SMILES string of the molecule is O=C(O)CC(=O)OCC1O[C@@H](Oc2cc3c(O)cc(O[C@@H]4OC(CO)[C@@H](O)[C@H](O)C4O)cc3[o+]c2-c2ccc(O)c(O)c2)C(O[C@@H]2OC[C@@H](O)C(O)C2O)[C@@H](O)[C@@H]1O. The van der Waals surface area contributed by atoms with Crippen molar-refractivity contribution in [1.82, 2.24) is 0 Å². The Bertz CT molecular complexity index is 1940. The summed E-state index contributed by atoms with van der Waals surface area (Å²) in [6, 6.07) is 6.77. The minimum atomic E-state index is -2.03. The normalized spacial score (nSPS) is 34.0. The minimum Gasteiger partial charge on any atom is -0.507 e. The summed E-state index contributed by atoms with van der Waals surface area (Å²) in [5.74, 6) is -5.41. The van der Waals surface area contributed by atoms with Crippen LogP contribution in [0.3, 0.4) is 0 Å². The zero-order valence-electron chi connectivity index (χ0n) is 29.8. The Balaban J connectivity index is 1.39. The molecule has 0 bridgehead atoms. The van der Waals surface area contributed by atoms with E-state index in [-0.39, 0.29) is 33.8 Å². The Morgan fingerprint density at radius 2 is 1.41 bits per heavy atom. The average molecular weight is 830 g/mol. The van der Waals surface area contributed by atoms with Crippen molar-refractivity contribution in [2.75, 3.05) is 19.8 Å². The van der Waals surface area contributed by atoms with Gasteiger partial charge in [0.15, 0.2) is 23.9 Å². The molecular weight excluding hydrogens is 788 g/mol. The summed E-state index contributed by atoms with van der Waals surface area (Å²) in [5, 5.41) is 134. The van der Waals surface area contributed by atoms with Gasteiger partial charge in [-0.15, -0.1) is 0 Å². The smallest absolute Gasteiger partial charge is 0.402 e. The predicted molar refractivity (Wildman–Crippen MR) is 183 cm³/mol. The van der Waals surface area contributed by atoms with Crippen LogP contribution in [0.1, 0.15) is 6.42 Å². The van der Waals surface area contributed by atoms with Crippen LogP contribution < -0.4 is 9.47 Å². The van der Waals surface area contributed by atoms with E-state index in [0.29, 0.717) is 0 Å². The van der Waals surface area contributed by atoms with Crippen LogP contribution in [0, 0.1) is 0 Å². The minimum absolute atomic E-state index is 0.0110. The molecule has 4 heterocycles. The first-order valence-electron chi connectivity index (χ1n) is 17.5. The van der Waals surface area contributed by atoms with E-state index in [1.54, 1.807) is 0 Å². The van der Waals surface area contributed by atoms with Crippen molar-refractivity contribution in [2.45, 2.75) is 92.4 Å². The maximum absolute atomic E-state index is 12.0. The van der Waals surface area contributed by atoms with Gasteiger partial charge >= 0.3 is 23.3 Å². The molecule has 3 aromatic rings. The number of hydrogen-bond acceptors (Lipinski definition) is 21.